The Labute approximate surface area is 708 Å². The first-order chi connectivity index (χ1) is 56.8. The highest BCUT2D eigenvalue weighted by Crippen LogP contribution is 2.43. The number of anilines is 1. The Hall–Kier alpha value is -8.32. The summed E-state index contributed by atoms with van der Waals surface area (Å²) in [6, 6.07) is 13.9. The average Bonchev–Trinajstić information content (AvgIpc) is 1.57. The number of thiazole rings is 1. The van der Waals surface area contributed by atoms with Crippen LogP contribution in [0.1, 0.15) is 187 Å². The van der Waals surface area contributed by atoms with Gasteiger partial charge in [0.2, 0.25) is 23.8 Å². The van der Waals surface area contributed by atoms with Crippen LogP contribution in [0.25, 0.3) is 0 Å². The van der Waals surface area contributed by atoms with Gasteiger partial charge in [-0.05, 0) is 111 Å². The fourth-order valence-electron chi connectivity index (χ4n) is 16.5. The van der Waals surface area contributed by atoms with Gasteiger partial charge in [-0.2, -0.15) is 0 Å². The predicted octanol–water partition coefficient (Wildman–Crippen LogP) is 10.7. The number of hydrogen-bond acceptors (Lipinski definition) is 22. The van der Waals surface area contributed by atoms with Crippen molar-refractivity contribution in [2.75, 3.05) is 126 Å². The smallest absolute Gasteiger partial charge is 0.411 e. The Morgan fingerprint density at radius 3 is 1.87 bits per heavy atom. The molecule has 2 fully saturated rings. The van der Waals surface area contributed by atoms with Crippen molar-refractivity contribution in [2.24, 2.45) is 76.7 Å². The second kappa shape index (κ2) is 51.4. The highest BCUT2D eigenvalue weighted by molar-refractivity contribution is 7.09. The van der Waals surface area contributed by atoms with Crippen LogP contribution in [0.15, 0.2) is 78.3 Å². The lowest BCUT2D eigenvalue weighted by Gasteiger charge is -2.40. The number of allylic oxidation sites excluding steroid dienone is 2. The number of ether oxygens (including phenoxy) is 6. The van der Waals surface area contributed by atoms with E-state index >= 15 is 9.59 Å². The molecule has 28 nitrogen and oxygen atoms in total. The summed E-state index contributed by atoms with van der Waals surface area (Å²) in [5, 5.41) is 11.0. The molecule has 3 aliphatic rings. The van der Waals surface area contributed by atoms with Crippen molar-refractivity contribution in [3.63, 3.8) is 0 Å². The van der Waals surface area contributed by atoms with Crippen molar-refractivity contribution in [3.8, 4) is 0 Å². The van der Waals surface area contributed by atoms with Crippen molar-refractivity contribution in [1.82, 2.24) is 35.2 Å². The molecule has 0 radical (unpaired) electrons. The molecule has 7 amide bonds. The molecule has 2 aliphatic carbocycles. The van der Waals surface area contributed by atoms with Gasteiger partial charge < -0.3 is 69.7 Å². The molecule has 119 heavy (non-hydrogen) atoms. The van der Waals surface area contributed by atoms with Crippen molar-refractivity contribution >= 4 is 93.3 Å². The van der Waals surface area contributed by atoms with Crippen molar-refractivity contribution in [1.29, 1.82) is 0 Å². The van der Waals surface area contributed by atoms with Crippen LogP contribution in [0.4, 0.5) is 15.3 Å². The molecule has 1 saturated carbocycles. The van der Waals surface area contributed by atoms with Crippen LogP contribution in [0.3, 0.4) is 0 Å². The summed E-state index contributed by atoms with van der Waals surface area (Å²) in [6.45, 7) is 23.4. The van der Waals surface area contributed by atoms with Crippen LogP contribution in [-0.4, -0.2) is 239 Å². The van der Waals surface area contributed by atoms with Gasteiger partial charge in [-0.25, -0.2) is 14.6 Å². The molecule has 1 saturated heterocycles. The normalized spacial score (nSPS) is 18.0. The molecule has 29 heteroatoms. The van der Waals surface area contributed by atoms with Crippen LogP contribution in [-0.2, 0) is 87.6 Å². The molecule has 3 aromatic rings. The van der Waals surface area contributed by atoms with E-state index in [9.17, 15) is 52.7 Å². The number of nitrogens with two attached hydrogens (primary N) is 1. The standard InChI is InChI=1S/C90H135N9O19S/c1-15-60(8)83(80(113-14)56-78(105)70-25-19-24-69(70)61(9)62(10)76(103)53-66(86-93-37-50-119-86)51-63-21-17-16-18-22-63)97(12)87(109)73(58(4)5)55-79(106)82(59(6)7)98(13)90(112)118-84(88(110)99-40-38-96(11)39-41-99)64-26-28-67(29-27-64)95-85(108)65(23-20-35-94-89(91)111)52-77(104)72(57(2)3)54-68(100)34-42-114-44-46-116-48-49-117-47-45-115-43-36-92-81(107)33-30-71-74(101)31-32-75(71)102/h16-18,21-22,26-29,31-32,37,50,57-62,65-66,69-73,80,82-84H,15,19-20,23-25,30,33-36,38-49,51-56H2,1-14H3,(H,92,107)(H,95,108)(H3,91,94,111)/t60-,61+,62+,65+,66+,69-,70?,72-,73-,80+,82-,83-,84?/m0/s1. The number of benzene rings is 2. The molecule has 660 valence electrons. The van der Waals surface area contributed by atoms with Crippen molar-refractivity contribution in [3.05, 3.63) is 94.5 Å². The van der Waals surface area contributed by atoms with Gasteiger partial charge in [0.1, 0.15) is 23.1 Å². The lowest BCUT2D eigenvalue weighted by atomic mass is 9.73. The first kappa shape index (κ1) is 99.5. The number of aromatic nitrogens is 1. The first-order valence-electron chi connectivity index (χ1n) is 42.8. The second-order valence-corrected chi connectivity index (χ2v) is 34.5. The number of nitrogens with one attached hydrogen (secondary N) is 3. The summed E-state index contributed by atoms with van der Waals surface area (Å²) in [5.41, 5.74) is 7.06. The molecule has 13 atom stereocenters. The lowest BCUT2D eigenvalue weighted by molar-refractivity contribution is -0.147. The van der Waals surface area contributed by atoms with Gasteiger partial charge in [0.15, 0.2) is 17.3 Å². The van der Waals surface area contributed by atoms with Crippen LogP contribution >= 0.6 is 11.3 Å². The number of amides is 7. The average molecular weight is 1680 g/mol. The molecule has 5 N–H and O–H groups in total. The van der Waals surface area contributed by atoms with E-state index in [1.807, 2.05) is 79.1 Å². The molecule has 2 aromatic carbocycles. The van der Waals surface area contributed by atoms with Crippen LogP contribution in [0.5, 0.6) is 0 Å². The molecular formula is C90H135N9O19S. The third-order valence-electron chi connectivity index (χ3n) is 24.1. The number of nitrogens with zero attached hydrogens (tertiary/aromatic N) is 5. The number of primary amides is 1. The number of methoxy groups -OCH3 is 1. The fourth-order valence-corrected chi connectivity index (χ4v) is 17.2. The zero-order chi connectivity index (χ0) is 87.4. The monoisotopic (exact) mass is 1680 g/mol. The largest absolute Gasteiger partial charge is 0.431 e. The van der Waals surface area contributed by atoms with Gasteiger partial charge in [-0.3, -0.25) is 52.7 Å². The predicted molar refractivity (Wildman–Crippen MR) is 454 cm³/mol. The summed E-state index contributed by atoms with van der Waals surface area (Å²) in [5.74, 6) is -8.01. The van der Waals surface area contributed by atoms with Gasteiger partial charge >= 0.3 is 12.1 Å². The molecule has 2 heterocycles. The number of carbonyl (C=O) groups is 13. The zero-order valence-corrected chi connectivity index (χ0v) is 73.6. The van der Waals surface area contributed by atoms with E-state index in [0.29, 0.717) is 77.4 Å². The Bertz CT molecular complexity index is 3760. The number of hydrogen-bond donors (Lipinski definition) is 4. The third-order valence-corrected chi connectivity index (χ3v) is 25.0. The van der Waals surface area contributed by atoms with E-state index in [2.05, 4.69) is 44.9 Å². The molecule has 0 bridgehead atoms. The van der Waals surface area contributed by atoms with Gasteiger partial charge in [0, 0.05) is 164 Å². The van der Waals surface area contributed by atoms with E-state index in [1.54, 1.807) is 79.6 Å². The number of ketones is 7. The Morgan fingerprint density at radius 1 is 0.664 bits per heavy atom. The molecule has 1 aliphatic heterocycles. The molecule has 0 spiro atoms. The maximum atomic E-state index is 15.2. The molecule has 6 rings (SSSR count). The summed E-state index contributed by atoms with van der Waals surface area (Å²) in [4.78, 5) is 189. The van der Waals surface area contributed by atoms with E-state index in [1.165, 1.54) is 24.1 Å². The number of likely N-dealkylation sites (N-methyl/N-ethyl adjacent to an activating group) is 3. The van der Waals surface area contributed by atoms with Crippen LogP contribution in [0, 0.1) is 71.0 Å². The minimum absolute atomic E-state index is 0.0156. The van der Waals surface area contributed by atoms with E-state index in [-0.39, 0.29) is 203 Å². The highest BCUT2D eigenvalue weighted by Gasteiger charge is 2.45. The summed E-state index contributed by atoms with van der Waals surface area (Å²) >= 11 is 1.56. The molecule has 2 unspecified atom stereocenters. The van der Waals surface area contributed by atoms with Crippen molar-refractivity contribution < 1.29 is 90.8 Å². The quantitative estimate of drug-likeness (QED) is 0.0301. The van der Waals surface area contributed by atoms with E-state index in [0.717, 1.165) is 23.4 Å². The number of Topliss-reactive ketones (excluding diaryl/α,β-unsaturated/α-hetero) is 5. The second-order valence-electron chi connectivity index (χ2n) is 33.5. The zero-order valence-electron chi connectivity index (χ0n) is 72.8. The van der Waals surface area contributed by atoms with Gasteiger partial charge in [-0.15, -0.1) is 11.3 Å². The Kier molecular flexibility index (Phi) is 43.0. The van der Waals surface area contributed by atoms with Gasteiger partial charge in [0.25, 0.3) is 5.91 Å². The first-order valence-corrected chi connectivity index (χ1v) is 43.7. The molecular weight excluding hydrogens is 1540 g/mol. The summed E-state index contributed by atoms with van der Waals surface area (Å²) < 4.78 is 34.7. The Morgan fingerprint density at radius 2 is 1.29 bits per heavy atom. The minimum atomic E-state index is -1.50. The van der Waals surface area contributed by atoms with E-state index < -0.39 is 83.6 Å². The maximum absolute atomic E-state index is 15.2. The maximum Gasteiger partial charge on any atom is 0.411 e. The number of piperazine rings is 1. The van der Waals surface area contributed by atoms with Crippen LogP contribution in [0.2, 0.25) is 0 Å². The summed E-state index contributed by atoms with van der Waals surface area (Å²) in [7, 11) is 6.66. The number of rotatable bonds is 56. The number of carbonyl (C=O) groups excluding carboxylic acids is 13. The molecule has 1 aromatic heterocycles. The Balaban J connectivity index is 1.03. The third kappa shape index (κ3) is 31.9. The van der Waals surface area contributed by atoms with Gasteiger partial charge in [-0.1, -0.05) is 125 Å². The summed E-state index contributed by atoms with van der Waals surface area (Å²) in [6.07, 6.45) is 5.45. The van der Waals surface area contributed by atoms with Crippen molar-refractivity contribution in [2.45, 2.75) is 196 Å². The SMILES string of the molecule is CC[C@H](C)[C@@H]([C@@H](CC(=O)C1CCC[C@H]1[C@H](C)[C@@H](C)C(=O)C[C@@H](Cc1ccccc1)c1nccs1)OC)N(C)C(=O)[C@@H](CC(=O)[C@H](C(C)C)N(C)C(=O)OC(C(=O)N1CCN(C)CC1)c1ccc(NC(=O)[C@H](CCCNC(N)=O)CC(=O)[C@@H](CC(=O)CCOCCOCCOCCOCCNC(=O)CCC2C(=O)C=CC2=O)C(C)C)cc1)C(C)C. The topological polar surface area (TPSA) is 365 Å². The van der Waals surface area contributed by atoms with Gasteiger partial charge in [0.05, 0.1) is 82.0 Å². The number of urea groups is 1. The highest BCUT2D eigenvalue weighted by atomic mass is 32.1. The fraction of sp³-hybridized carbons (Fsp3) is 0.667. The van der Waals surface area contributed by atoms with E-state index in [4.69, 9.17) is 34.2 Å². The van der Waals surface area contributed by atoms with Crippen LogP contribution < -0.4 is 21.7 Å². The lowest BCUT2D eigenvalue weighted by Crippen LogP contribution is -2.53. The minimum Gasteiger partial charge on any atom is -0.431 e.